The minimum atomic E-state index is -4.70. The number of carbonyl (C=O) groups excluding carboxylic acids is 4. The molecule has 11 nitrogen and oxygen atoms in total. The summed E-state index contributed by atoms with van der Waals surface area (Å²) < 4.78 is 56.6. The monoisotopic (exact) mass is 777 g/mol. The molecule has 55 heavy (non-hydrogen) atoms. The van der Waals surface area contributed by atoms with E-state index in [1.54, 1.807) is 23.7 Å². The maximum atomic E-state index is 14.5. The molecule has 4 N–H and O–H groups in total. The number of carbonyl (C=O) groups is 4. The molecule has 0 saturated carbocycles. The highest BCUT2D eigenvalue weighted by molar-refractivity contribution is 8.00. The number of nitrogens with zero attached hydrogens (tertiary/aromatic N) is 3. The molecular weight excluding hydrogens is 739 g/mol. The zero-order chi connectivity index (χ0) is 38.9. The van der Waals surface area contributed by atoms with Crippen LogP contribution in [0.1, 0.15) is 71.3 Å². The third-order valence-corrected chi connectivity index (χ3v) is 11.7. The van der Waals surface area contributed by atoms with E-state index < -0.39 is 41.3 Å². The molecule has 3 aromatic carbocycles. The molecule has 4 heterocycles. The molecule has 3 aliphatic heterocycles. The first kappa shape index (κ1) is 37.9. The Balaban J connectivity index is 1.19. The summed E-state index contributed by atoms with van der Waals surface area (Å²) in [5.41, 5.74) is 0.637. The van der Waals surface area contributed by atoms with Gasteiger partial charge in [-0.25, -0.2) is 13.9 Å². The molecule has 0 spiro atoms. The highest BCUT2D eigenvalue weighted by atomic mass is 32.2. The molecule has 2 saturated heterocycles. The van der Waals surface area contributed by atoms with Gasteiger partial charge in [0, 0.05) is 41.0 Å². The first-order valence-corrected chi connectivity index (χ1v) is 19.1. The summed E-state index contributed by atoms with van der Waals surface area (Å²) in [5.74, 6) is -1.93. The highest BCUT2D eigenvalue weighted by Gasteiger charge is 2.46. The second-order valence-corrected chi connectivity index (χ2v) is 15.0. The van der Waals surface area contributed by atoms with Crippen LogP contribution in [0.3, 0.4) is 0 Å². The molecule has 3 aliphatic rings. The van der Waals surface area contributed by atoms with Gasteiger partial charge in [0.25, 0.3) is 11.8 Å². The van der Waals surface area contributed by atoms with E-state index in [-0.39, 0.29) is 54.3 Å². The Bertz CT molecular complexity index is 2080. The van der Waals surface area contributed by atoms with Crippen molar-refractivity contribution in [1.82, 2.24) is 31.0 Å². The average Bonchev–Trinajstić information content (AvgIpc) is 3.86. The van der Waals surface area contributed by atoms with Gasteiger partial charge in [0.05, 0.1) is 35.6 Å². The fourth-order valence-electron chi connectivity index (χ4n) is 7.59. The van der Waals surface area contributed by atoms with E-state index in [1.807, 2.05) is 30.0 Å². The zero-order valence-electron chi connectivity index (χ0n) is 29.7. The lowest BCUT2D eigenvalue weighted by molar-refractivity contribution is -0.137. The fraction of sp³-hybridized carbons (Fsp3) is 0.359. The fourth-order valence-corrected chi connectivity index (χ4v) is 9.13. The summed E-state index contributed by atoms with van der Waals surface area (Å²) in [5, 5.41) is 16.8. The largest absolute Gasteiger partial charge is 0.416 e. The van der Waals surface area contributed by atoms with Crippen LogP contribution in [-0.4, -0.2) is 69.2 Å². The van der Waals surface area contributed by atoms with Gasteiger partial charge in [0.1, 0.15) is 17.7 Å². The molecule has 1 aromatic heterocycles. The average molecular weight is 778 g/mol. The maximum Gasteiger partial charge on any atom is 0.416 e. The molecule has 0 aliphatic carbocycles. The van der Waals surface area contributed by atoms with Crippen LogP contribution in [0.2, 0.25) is 0 Å². The van der Waals surface area contributed by atoms with Crippen molar-refractivity contribution in [3.8, 4) is 5.69 Å². The van der Waals surface area contributed by atoms with Crippen molar-refractivity contribution < 1.29 is 36.7 Å². The van der Waals surface area contributed by atoms with E-state index in [1.165, 1.54) is 35.2 Å². The molecule has 288 valence electrons. The minimum absolute atomic E-state index is 0.0430. The summed E-state index contributed by atoms with van der Waals surface area (Å²) in [6.07, 6.45) is -2.19. The predicted octanol–water partition coefficient (Wildman–Crippen LogP) is 5.67. The molecular formula is C39H39F4N7O4S. The number of hydrogen-bond donors (Lipinski definition) is 4. The zero-order valence-corrected chi connectivity index (χ0v) is 30.6. The molecule has 0 radical (unpaired) electrons. The summed E-state index contributed by atoms with van der Waals surface area (Å²) in [6, 6.07) is 17.1. The van der Waals surface area contributed by atoms with Gasteiger partial charge in [-0.05, 0) is 67.8 Å². The van der Waals surface area contributed by atoms with Crippen LogP contribution in [0.4, 0.5) is 28.2 Å². The summed E-state index contributed by atoms with van der Waals surface area (Å²) in [7, 11) is 0. The summed E-state index contributed by atoms with van der Waals surface area (Å²) >= 11 is 1.81. The number of aromatic nitrogens is 2. The van der Waals surface area contributed by atoms with Crippen LogP contribution < -0.4 is 26.2 Å². The Morgan fingerprint density at radius 1 is 0.982 bits per heavy atom. The standard InChI is InChI=1S/C39H39F4N7O4S/c1-2-49-36-32(31(22-15-17-25(40)18-16-22)34(37(49)53)46-35(52)23-9-8-10-24(19-23)39(41,42)43)27(48-50(36)26-11-4-3-5-12-26)20-44-30(51)14-7-6-13-29-33-28(21-55-29)45-38(54)47-33/h3-5,8-12,15-19,28-29,31,33-34H,2,6-7,13-14,20-21H2,1H3,(H,44,51)(H,46,52)(H2,45,47,54)/t28-,29-,31-,33-,34-/m0/s1. The van der Waals surface area contributed by atoms with Gasteiger partial charge in [-0.15, -0.1) is 0 Å². The topological polar surface area (TPSA) is 137 Å². The van der Waals surface area contributed by atoms with Crippen LogP contribution in [0.5, 0.6) is 0 Å². The SMILES string of the molecule is CCN1C(=O)[C@@H](NC(=O)c2cccc(C(F)(F)F)c2)[C@@H](c2ccc(F)cc2)c2c(CNC(=O)CCCC[C@@H]3SC[C@@H]4NC(=O)N[C@@H]43)nn(-c3ccccc3)c21. The molecule has 2 fully saturated rings. The number of hydrogen-bond acceptors (Lipinski definition) is 6. The van der Waals surface area contributed by atoms with Crippen molar-refractivity contribution in [1.29, 1.82) is 0 Å². The van der Waals surface area contributed by atoms with Crippen LogP contribution in [0.25, 0.3) is 5.69 Å². The van der Waals surface area contributed by atoms with Crippen molar-refractivity contribution in [2.75, 3.05) is 17.2 Å². The minimum Gasteiger partial charge on any atom is -0.350 e. The van der Waals surface area contributed by atoms with Gasteiger partial charge in [0.2, 0.25) is 5.91 Å². The number of urea groups is 1. The van der Waals surface area contributed by atoms with E-state index in [4.69, 9.17) is 5.10 Å². The van der Waals surface area contributed by atoms with Crippen LogP contribution in [0.15, 0.2) is 78.9 Å². The molecule has 0 bridgehead atoms. The number of alkyl halides is 3. The number of para-hydroxylation sites is 1. The van der Waals surface area contributed by atoms with Gasteiger partial charge >= 0.3 is 12.2 Å². The number of amides is 5. The van der Waals surface area contributed by atoms with E-state index >= 15 is 0 Å². The summed E-state index contributed by atoms with van der Waals surface area (Å²) in [4.78, 5) is 54.6. The van der Waals surface area contributed by atoms with E-state index in [0.717, 1.165) is 36.8 Å². The number of halogens is 4. The number of thioether (sulfide) groups is 1. The van der Waals surface area contributed by atoms with Gasteiger partial charge < -0.3 is 21.3 Å². The lowest BCUT2D eigenvalue weighted by Crippen LogP contribution is -2.55. The van der Waals surface area contributed by atoms with E-state index in [0.29, 0.717) is 34.7 Å². The third-order valence-electron chi connectivity index (χ3n) is 10.2. The van der Waals surface area contributed by atoms with Crippen molar-refractivity contribution in [3.63, 3.8) is 0 Å². The quantitative estimate of drug-likeness (QED) is 0.0832. The first-order chi connectivity index (χ1) is 26.4. The lowest BCUT2D eigenvalue weighted by atomic mass is 9.80. The Labute approximate surface area is 318 Å². The maximum absolute atomic E-state index is 14.5. The van der Waals surface area contributed by atoms with Crippen molar-refractivity contribution in [3.05, 3.63) is 113 Å². The van der Waals surface area contributed by atoms with E-state index in [2.05, 4.69) is 21.3 Å². The first-order valence-electron chi connectivity index (χ1n) is 18.1. The Morgan fingerprint density at radius 3 is 2.47 bits per heavy atom. The number of rotatable bonds is 12. The highest BCUT2D eigenvalue weighted by Crippen LogP contribution is 2.44. The number of unbranched alkanes of at least 4 members (excludes halogenated alkanes) is 1. The van der Waals surface area contributed by atoms with Gasteiger partial charge in [-0.2, -0.15) is 30.0 Å². The van der Waals surface area contributed by atoms with Crippen molar-refractivity contribution in [2.45, 2.75) is 74.6 Å². The van der Waals surface area contributed by atoms with Gasteiger partial charge in [0.15, 0.2) is 0 Å². The Morgan fingerprint density at radius 2 is 1.75 bits per heavy atom. The van der Waals surface area contributed by atoms with Crippen LogP contribution >= 0.6 is 11.8 Å². The molecule has 4 aromatic rings. The van der Waals surface area contributed by atoms with E-state index in [9.17, 15) is 36.7 Å². The van der Waals surface area contributed by atoms with Gasteiger partial charge in [-0.1, -0.05) is 42.8 Å². The molecule has 16 heteroatoms. The Kier molecular flexibility index (Phi) is 10.9. The van der Waals surface area contributed by atoms with Crippen molar-refractivity contribution >= 4 is 41.3 Å². The molecule has 5 atom stereocenters. The second-order valence-electron chi connectivity index (χ2n) is 13.7. The summed E-state index contributed by atoms with van der Waals surface area (Å²) in [6.45, 7) is 1.85. The predicted molar refractivity (Wildman–Crippen MR) is 198 cm³/mol. The van der Waals surface area contributed by atoms with Crippen LogP contribution in [-0.2, 0) is 22.3 Å². The number of likely N-dealkylation sites (N-methyl/N-ethyl adjacent to an activating group) is 1. The number of nitrogens with one attached hydrogen (secondary N) is 4. The molecule has 7 rings (SSSR count). The molecule has 5 amide bonds. The number of fused-ring (bicyclic) bond motifs is 2. The van der Waals surface area contributed by atoms with Gasteiger partial charge in [-0.3, -0.25) is 19.3 Å². The third kappa shape index (κ3) is 7.90. The van der Waals surface area contributed by atoms with Crippen LogP contribution in [0, 0.1) is 5.82 Å². The smallest absolute Gasteiger partial charge is 0.350 e. The lowest BCUT2D eigenvalue weighted by Gasteiger charge is -2.38. The number of benzene rings is 3. The van der Waals surface area contributed by atoms with Crippen molar-refractivity contribution in [2.24, 2.45) is 0 Å². The Hall–Kier alpha value is -5.38. The molecule has 0 unspecified atom stereocenters. The normalized spacial score (nSPS) is 21.8. The second kappa shape index (κ2) is 15.8. The number of anilines is 1.